The van der Waals surface area contributed by atoms with E-state index in [1.165, 1.54) is 0 Å². The van der Waals surface area contributed by atoms with Crippen molar-refractivity contribution >= 4 is 11.9 Å². The summed E-state index contributed by atoms with van der Waals surface area (Å²) in [7, 11) is 0. The summed E-state index contributed by atoms with van der Waals surface area (Å²) in [4.78, 5) is 22.3. The molecular weight excluding hydrogens is 206 g/mol. The van der Waals surface area contributed by atoms with Crippen LogP contribution in [0.3, 0.4) is 0 Å². The van der Waals surface area contributed by atoms with Gasteiger partial charge in [0.25, 0.3) is 0 Å². The van der Waals surface area contributed by atoms with Crippen molar-refractivity contribution in [3.63, 3.8) is 0 Å². The van der Waals surface area contributed by atoms with Crippen LogP contribution >= 0.6 is 0 Å². The standard InChI is InChI=1S/C12H13NO3/c14-11-9(12(15)16)6-7-10(13-11)8-4-2-1-3-5-8/h1-5,9-10H,6-7H2,(H,13,14)(H,15,16). The number of piperidine rings is 1. The predicted molar refractivity (Wildman–Crippen MR) is 57.7 cm³/mol. The van der Waals surface area contributed by atoms with Gasteiger partial charge in [-0.05, 0) is 18.4 Å². The molecule has 1 aromatic rings. The zero-order valence-corrected chi connectivity index (χ0v) is 8.72. The van der Waals surface area contributed by atoms with Crippen molar-refractivity contribution in [2.45, 2.75) is 18.9 Å². The first kappa shape index (κ1) is 10.7. The Hall–Kier alpha value is -1.84. The van der Waals surface area contributed by atoms with Gasteiger partial charge in [0.05, 0.1) is 6.04 Å². The number of carbonyl (C=O) groups excluding carboxylic acids is 1. The second kappa shape index (κ2) is 4.35. The van der Waals surface area contributed by atoms with Crippen LogP contribution in [0.2, 0.25) is 0 Å². The molecule has 1 fully saturated rings. The van der Waals surface area contributed by atoms with Gasteiger partial charge in [-0.1, -0.05) is 30.3 Å². The van der Waals surface area contributed by atoms with Crippen LogP contribution in [-0.4, -0.2) is 17.0 Å². The quantitative estimate of drug-likeness (QED) is 0.737. The summed E-state index contributed by atoms with van der Waals surface area (Å²) in [5.74, 6) is -2.31. The second-order valence-corrected chi connectivity index (χ2v) is 3.94. The molecule has 0 aromatic heterocycles. The topological polar surface area (TPSA) is 66.4 Å². The Kier molecular flexibility index (Phi) is 2.90. The van der Waals surface area contributed by atoms with E-state index in [2.05, 4.69) is 5.32 Å². The van der Waals surface area contributed by atoms with Crippen molar-refractivity contribution in [2.75, 3.05) is 0 Å². The van der Waals surface area contributed by atoms with Crippen molar-refractivity contribution in [1.29, 1.82) is 0 Å². The lowest BCUT2D eigenvalue weighted by Crippen LogP contribution is -2.42. The number of carboxylic acids is 1. The minimum absolute atomic E-state index is 0.0516. The van der Waals surface area contributed by atoms with Gasteiger partial charge in [0.15, 0.2) is 0 Å². The SMILES string of the molecule is O=C(O)C1CCC(c2ccccc2)NC1=O. The van der Waals surface area contributed by atoms with Crippen molar-refractivity contribution in [2.24, 2.45) is 5.92 Å². The lowest BCUT2D eigenvalue weighted by molar-refractivity contribution is -0.148. The number of benzene rings is 1. The van der Waals surface area contributed by atoms with Crippen LogP contribution in [0, 0.1) is 5.92 Å². The summed E-state index contributed by atoms with van der Waals surface area (Å²) < 4.78 is 0. The Morgan fingerprint density at radius 3 is 2.50 bits per heavy atom. The molecule has 0 aliphatic carbocycles. The van der Waals surface area contributed by atoms with Crippen molar-refractivity contribution in [1.82, 2.24) is 5.32 Å². The van der Waals surface area contributed by atoms with Gasteiger partial charge in [0, 0.05) is 0 Å². The highest BCUT2D eigenvalue weighted by Gasteiger charge is 2.33. The molecule has 0 bridgehead atoms. The summed E-state index contributed by atoms with van der Waals surface area (Å²) in [5.41, 5.74) is 1.03. The molecule has 2 unspecified atom stereocenters. The first-order valence-electron chi connectivity index (χ1n) is 5.26. The Labute approximate surface area is 93.3 Å². The molecule has 84 valence electrons. The lowest BCUT2D eigenvalue weighted by atomic mass is 9.90. The van der Waals surface area contributed by atoms with Gasteiger partial charge in [-0.25, -0.2) is 0 Å². The smallest absolute Gasteiger partial charge is 0.316 e. The predicted octanol–water partition coefficient (Wildman–Crippen LogP) is 1.34. The van der Waals surface area contributed by atoms with E-state index >= 15 is 0 Å². The Morgan fingerprint density at radius 1 is 1.25 bits per heavy atom. The molecule has 1 amide bonds. The summed E-state index contributed by atoms with van der Waals surface area (Å²) >= 11 is 0. The average molecular weight is 219 g/mol. The van der Waals surface area contributed by atoms with Gasteiger partial charge in [-0.3, -0.25) is 9.59 Å². The first-order valence-corrected chi connectivity index (χ1v) is 5.26. The summed E-state index contributed by atoms with van der Waals surface area (Å²) in [6.45, 7) is 0. The minimum atomic E-state index is -1.04. The van der Waals surface area contributed by atoms with E-state index in [1.807, 2.05) is 30.3 Å². The Bertz CT molecular complexity index is 402. The summed E-state index contributed by atoms with van der Waals surface area (Å²) in [6, 6.07) is 9.55. The normalized spacial score (nSPS) is 24.9. The fourth-order valence-electron chi connectivity index (χ4n) is 1.98. The summed E-state index contributed by atoms with van der Waals surface area (Å²) in [6.07, 6.45) is 1.08. The van der Waals surface area contributed by atoms with E-state index in [0.717, 1.165) is 5.56 Å². The van der Waals surface area contributed by atoms with Crippen molar-refractivity contribution in [3.05, 3.63) is 35.9 Å². The van der Waals surface area contributed by atoms with E-state index in [9.17, 15) is 9.59 Å². The zero-order chi connectivity index (χ0) is 11.5. The van der Waals surface area contributed by atoms with E-state index in [1.54, 1.807) is 0 Å². The second-order valence-electron chi connectivity index (χ2n) is 3.94. The maximum atomic E-state index is 11.5. The molecule has 2 atom stereocenters. The van der Waals surface area contributed by atoms with E-state index < -0.39 is 11.9 Å². The van der Waals surface area contributed by atoms with Gasteiger partial charge < -0.3 is 10.4 Å². The maximum Gasteiger partial charge on any atom is 0.316 e. The fraction of sp³-hybridized carbons (Fsp3) is 0.333. The van der Waals surface area contributed by atoms with Gasteiger partial charge >= 0.3 is 5.97 Å². The number of carbonyl (C=O) groups is 2. The lowest BCUT2D eigenvalue weighted by Gasteiger charge is -2.27. The van der Waals surface area contributed by atoms with E-state index in [-0.39, 0.29) is 11.9 Å². The number of rotatable bonds is 2. The zero-order valence-electron chi connectivity index (χ0n) is 8.72. The molecule has 2 N–H and O–H groups in total. The van der Waals surface area contributed by atoms with Crippen molar-refractivity contribution < 1.29 is 14.7 Å². The molecule has 2 rings (SSSR count). The number of carboxylic acid groups (broad SMARTS) is 1. The molecular formula is C12H13NO3. The van der Waals surface area contributed by atoms with Crippen LogP contribution in [-0.2, 0) is 9.59 Å². The fourth-order valence-corrected chi connectivity index (χ4v) is 1.98. The molecule has 0 spiro atoms. The molecule has 1 aliphatic heterocycles. The third-order valence-corrected chi connectivity index (χ3v) is 2.88. The van der Waals surface area contributed by atoms with Gasteiger partial charge in [-0.15, -0.1) is 0 Å². The third-order valence-electron chi connectivity index (χ3n) is 2.88. The summed E-state index contributed by atoms with van der Waals surface area (Å²) in [5, 5.41) is 11.5. The van der Waals surface area contributed by atoms with Gasteiger partial charge in [-0.2, -0.15) is 0 Å². The molecule has 0 saturated carbocycles. The Balaban J connectivity index is 2.08. The number of nitrogens with one attached hydrogen (secondary N) is 1. The van der Waals surface area contributed by atoms with Crippen LogP contribution < -0.4 is 5.32 Å². The van der Waals surface area contributed by atoms with E-state index in [4.69, 9.17) is 5.11 Å². The maximum absolute atomic E-state index is 11.5. The number of hydrogen-bond donors (Lipinski definition) is 2. The molecule has 4 nitrogen and oxygen atoms in total. The van der Waals surface area contributed by atoms with Gasteiger partial charge in [0.1, 0.15) is 5.92 Å². The van der Waals surface area contributed by atoms with Crippen LogP contribution in [0.1, 0.15) is 24.4 Å². The van der Waals surface area contributed by atoms with Crippen molar-refractivity contribution in [3.8, 4) is 0 Å². The first-order chi connectivity index (χ1) is 7.68. The molecule has 1 aromatic carbocycles. The molecule has 0 radical (unpaired) electrons. The average Bonchev–Trinajstić information content (AvgIpc) is 2.29. The Morgan fingerprint density at radius 2 is 1.94 bits per heavy atom. The molecule has 1 saturated heterocycles. The molecule has 4 heteroatoms. The number of aliphatic carboxylic acids is 1. The van der Waals surface area contributed by atoms with Gasteiger partial charge in [0.2, 0.25) is 5.91 Å². The van der Waals surface area contributed by atoms with Crippen LogP contribution in [0.15, 0.2) is 30.3 Å². The van der Waals surface area contributed by atoms with E-state index in [0.29, 0.717) is 12.8 Å². The van der Waals surface area contributed by atoms with Crippen LogP contribution in [0.5, 0.6) is 0 Å². The van der Waals surface area contributed by atoms with Crippen LogP contribution in [0.4, 0.5) is 0 Å². The molecule has 1 aliphatic rings. The third kappa shape index (κ3) is 2.05. The highest BCUT2D eigenvalue weighted by Crippen LogP contribution is 2.26. The monoisotopic (exact) mass is 219 g/mol. The van der Waals surface area contributed by atoms with Crippen LogP contribution in [0.25, 0.3) is 0 Å². The number of amides is 1. The highest BCUT2D eigenvalue weighted by molar-refractivity contribution is 5.97. The largest absolute Gasteiger partial charge is 0.481 e. The number of hydrogen-bond acceptors (Lipinski definition) is 2. The highest BCUT2D eigenvalue weighted by atomic mass is 16.4. The minimum Gasteiger partial charge on any atom is -0.481 e. The molecule has 16 heavy (non-hydrogen) atoms. The molecule has 1 heterocycles.